The van der Waals surface area contributed by atoms with E-state index in [0.717, 1.165) is 18.2 Å². The lowest BCUT2D eigenvalue weighted by Crippen LogP contribution is -2.22. The average Bonchev–Trinajstić information content (AvgIpc) is 2.35. The summed E-state index contributed by atoms with van der Waals surface area (Å²) in [6.45, 7) is 0. The fourth-order valence-corrected chi connectivity index (χ4v) is 1.78. The number of hydrogen-bond donors (Lipinski definition) is 4. The Morgan fingerprint density at radius 2 is 1.78 bits per heavy atom. The second kappa shape index (κ2) is 5.94. The van der Waals surface area contributed by atoms with Crippen LogP contribution in [-0.2, 0) is 0 Å². The van der Waals surface area contributed by atoms with Gasteiger partial charge in [0.15, 0.2) is 0 Å². The Morgan fingerprint density at radius 3 is 2.22 bits per heavy atom. The molecule has 4 N–H and O–H groups in total. The van der Waals surface area contributed by atoms with Crippen molar-refractivity contribution in [2.24, 2.45) is 0 Å². The van der Waals surface area contributed by atoms with Gasteiger partial charge in [-0.25, -0.2) is 9.59 Å². The minimum absolute atomic E-state index is 0.0323. The number of hydrogen-bond acceptors (Lipinski definition) is 4. The van der Waals surface area contributed by atoms with Crippen LogP contribution in [0.4, 0.5) is 0 Å². The molecule has 1 rings (SSSR count). The lowest BCUT2D eigenvalue weighted by atomic mass is 9.97. The van der Waals surface area contributed by atoms with Crippen molar-refractivity contribution in [2.75, 3.05) is 5.33 Å². The standard InChI is InChI=1S/C11H11BrO6/c12-4-8(13)9(14)7-3-5(10(15)16)1-2-6(7)11(17)18/h1-3,8-9,13-14H,4H2,(H,15,16)(H,17,18). The average molecular weight is 319 g/mol. The molecular formula is C11H11BrO6. The van der Waals surface area contributed by atoms with Crippen LogP contribution in [0.1, 0.15) is 32.4 Å². The molecule has 18 heavy (non-hydrogen) atoms. The van der Waals surface area contributed by atoms with Crippen molar-refractivity contribution in [3.05, 3.63) is 34.9 Å². The molecule has 0 spiro atoms. The topological polar surface area (TPSA) is 115 Å². The van der Waals surface area contributed by atoms with Gasteiger partial charge in [0.05, 0.1) is 17.2 Å². The maximum Gasteiger partial charge on any atom is 0.336 e. The third-order valence-electron chi connectivity index (χ3n) is 2.37. The normalized spacial score (nSPS) is 13.9. The summed E-state index contributed by atoms with van der Waals surface area (Å²) in [4.78, 5) is 21.8. The molecule has 0 radical (unpaired) electrons. The molecule has 0 bridgehead atoms. The minimum atomic E-state index is -1.48. The van der Waals surface area contributed by atoms with E-state index in [1.165, 1.54) is 0 Å². The summed E-state index contributed by atoms with van der Waals surface area (Å²) in [7, 11) is 0. The Labute approximate surface area is 111 Å². The Kier molecular flexibility index (Phi) is 4.83. The molecular weight excluding hydrogens is 308 g/mol. The number of alkyl halides is 1. The van der Waals surface area contributed by atoms with Gasteiger partial charge in [0.25, 0.3) is 0 Å². The Morgan fingerprint density at radius 1 is 1.17 bits per heavy atom. The van der Waals surface area contributed by atoms with Crippen LogP contribution < -0.4 is 0 Å². The van der Waals surface area contributed by atoms with E-state index in [1.54, 1.807) is 0 Å². The largest absolute Gasteiger partial charge is 0.478 e. The maximum absolute atomic E-state index is 11.0. The van der Waals surface area contributed by atoms with E-state index >= 15 is 0 Å². The van der Waals surface area contributed by atoms with Crippen molar-refractivity contribution in [1.29, 1.82) is 0 Å². The van der Waals surface area contributed by atoms with E-state index in [1.807, 2.05) is 0 Å². The summed E-state index contributed by atoms with van der Waals surface area (Å²) in [6, 6.07) is 3.26. The fourth-order valence-electron chi connectivity index (χ4n) is 1.43. The van der Waals surface area contributed by atoms with Crippen molar-refractivity contribution in [3.63, 3.8) is 0 Å². The molecule has 98 valence electrons. The maximum atomic E-state index is 11.0. The van der Waals surface area contributed by atoms with Gasteiger partial charge in [-0.3, -0.25) is 0 Å². The minimum Gasteiger partial charge on any atom is -0.478 e. The molecule has 2 unspecified atom stereocenters. The lowest BCUT2D eigenvalue weighted by molar-refractivity contribution is 0.0326. The number of carbonyl (C=O) groups is 2. The highest BCUT2D eigenvalue weighted by atomic mass is 79.9. The molecule has 0 aromatic heterocycles. The summed E-state index contributed by atoms with van der Waals surface area (Å²) >= 11 is 2.95. The first-order valence-electron chi connectivity index (χ1n) is 4.91. The first kappa shape index (κ1) is 14.6. The quantitative estimate of drug-likeness (QED) is 0.599. The summed E-state index contributed by atoms with van der Waals surface area (Å²) in [5, 5.41) is 37.1. The zero-order valence-electron chi connectivity index (χ0n) is 9.08. The fraction of sp³-hybridized carbons (Fsp3) is 0.273. The van der Waals surface area contributed by atoms with Crippen LogP contribution in [0.2, 0.25) is 0 Å². The van der Waals surface area contributed by atoms with E-state index in [-0.39, 0.29) is 22.0 Å². The molecule has 0 aliphatic heterocycles. The summed E-state index contributed by atoms with van der Waals surface area (Å²) in [5.74, 6) is -2.54. The van der Waals surface area contributed by atoms with Crippen molar-refractivity contribution < 1.29 is 30.0 Å². The lowest BCUT2D eigenvalue weighted by Gasteiger charge is -2.18. The summed E-state index contributed by atoms with van der Waals surface area (Å²) in [6.07, 6.45) is -2.71. The van der Waals surface area contributed by atoms with Gasteiger partial charge in [-0.2, -0.15) is 0 Å². The molecule has 0 saturated carbocycles. The third kappa shape index (κ3) is 3.06. The molecule has 7 heteroatoms. The molecule has 0 heterocycles. The van der Waals surface area contributed by atoms with Gasteiger partial charge in [-0.15, -0.1) is 0 Å². The van der Waals surface area contributed by atoms with Crippen LogP contribution in [-0.4, -0.2) is 43.8 Å². The number of aromatic carboxylic acids is 2. The van der Waals surface area contributed by atoms with Crippen molar-refractivity contribution in [2.45, 2.75) is 12.2 Å². The van der Waals surface area contributed by atoms with Crippen LogP contribution in [0, 0.1) is 0 Å². The van der Waals surface area contributed by atoms with Gasteiger partial charge < -0.3 is 20.4 Å². The monoisotopic (exact) mass is 318 g/mol. The Hall–Kier alpha value is -1.44. The van der Waals surface area contributed by atoms with Crippen LogP contribution in [0.25, 0.3) is 0 Å². The molecule has 1 aromatic carbocycles. The third-order valence-corrected chi connectivity index (χ3v) is 3.03. The molecule has 0 aliphatic carbocycles. The van der Waals surface area contributed by atoms with Crippen LogP contribution in [0.5, 0.6) is 0 Å². The predicted molar refractivity (Wildman–Crippen MR) is 65.1 cm³/mol. The first-order valence-corrected chi connectivity index (χ1v) is 6.03. The van der Waals surface area contributed by atoms with E-state index in [2.05, 4.69) is 15.9 Å². The molecule has 6 nitrogen and oxygen atoms in total. The highest BCUT2D eigenvalue weighted by Gasteiger charge is 2.24. The molecule has 0 amide bonds. The van der Waals surface area contributed by atoms with Gasteiger partial charge in [0, 0.05) is 5.33 Å². The first-order chi connectivity index (χ1) is 8.38. The van der Waals surface area contributed by atoms with Gasteiger partial charge in [0.2, 0.25) is 0 Å². The molecule has 0 saturated heterocycles. The Bertz CT molecular complexity index is 473. The molecule has 1 aromatic rings. The van der Waals surface area contributed by atoms with E-state index in [9.17, 15) is 19.8 Å². The Balaban J connectivity index is 3.31. The predicted octanol–water partition coefficient (Wildman–Crippen LogP) is 0.872. The van der Waals surface area contributed by atoms with Gasteiger partial charge in [0.1, 0.15) is 6.10 Å². The highest BCUT2D eigenvalue weighted by Crippen LogP contribution is 2.24. The van der Waals surface area contributed by atoms with Crippen LogP contribution in [0.3, 0.4) is 0 Å². The molecule has 2 atom stereocenters. The molecule has 0 fully saturated rings. The number of benzene rings is 1. The number of aliphatic hydroxyl groups is 2. The number of carboxylic acid groups (broad SMARTS) is 2. The van der Waals surface area contributed by atoms with Gasteiger partial charge >= 0.3 is 11.9 Å². The van der Waals surface area contributed by atoms with Crippen LogP contribution >= 0.6 is 15.9 Å². The van der Waals surface area contributed by atoms with Gasteiger partial charge in [-0.1, -0.05) is 15.9 Å². The molecule has 0 aliphatic rings. The van der Waals surface area contributed by atoms with E-state index < -0.39 is 24.1 Å². The van der Waals surface area contributed by atoms with E-state index in [4.69, 9.17) is 10.2 Å². The smallest absolute Gasteiger partial charge is 0.336 e. The van der Waals surface area contributed by atoms with Crippen molar-refractivity contribution in [3.8, 4) is 0 Å². The second-order valence-corrected chi connectivity index (χ2v) is 4.23. The number of carboxylic acids is 2. The van der Waals surface area contributed by atoms with Crippen LogP contribution in [0.15, 0.2) is 18.2 Å². The summed E-state index contributed by atoms with van der Waals surface area (Å²) < 4.78 is 0. The summed E-state index contributed by atoms with van der Waals surface area (Å²) in [5.41, 5.74) is -0.530. The SMILES string of the molecule is O=C(O)c1ccc(C(=O)O)c(C(O)C(O)CBr)c1. The highest BCUT2D eigenvalue weighted by molar-refractivity contribution is 9.09. The van der Waals surface area contributed by atoms with Crippen molar-refractivity contribution in [1.82, 2.24) is 0 Å². The number of aliphatic hydroxyl groups excluding tert-OH is 2. The van der Waals surface area contributed by atoms with Crippen molar-refractivity contribution >= 4 is 27.9 Å². The number of rotatable bonds is 5. The van der Waals surface area contributed by atoms with E-state index in [0.29, 0.717) is 0 Å². The zero-order valence-corrected chi connectivity index (χ0v) is 10.7. The number of halogens is 1. The second-order valence-electron chi connectivity index (χ2n) is 3.58. The zero-order chi connectivity index (χ0) is 13.9. The van der Waals surface area contributed by atoms with Gasteiger partial charge in [-0.05, 0) is 23.8 Å².